The number of nitrogens with one attached hydrogen (secondary N) is 1. The Labute approximate surface area is 130 Å². The van der Waals surface area contributed by atoms with Crippen molar-refractivity contribution >= 4 is 10.0 Å². The molecule has 3 rings (SSSR count). The molecule has 1 aromatic heterocycles. The lowest BCUT2D eigenvalue weighted by molar-refractivity contribution is 0.0932. The number of aryl methyl sites for hydroxylation is 1. The average Bonchev–Trinajstić information content (AvgIpc) is 3.07. The monoisotopic (exact) mass is 321 g/mol. The predicted molar refractivity (Wildman–Crippen MR) is 82.5 cm³/mol. The Bertz CT molecular complexity index is 728. The van der Waals surface area contributed by atoms with Crippen LogP contribution in [-0.4, -0.2) is 30.6 Å². The van der Waals surface area contributed by atoms with Gasteiger partial charge in [-0.15, -0.1) is 0 Å². The topological polar surface area (TPSA) is 73.2 Å². The fraction of sp³-hybridized carbons (Fsp3) is 0.400. The van der Waals surface area contributed by atoms with Crippen LogP contribution in [0, 0.1) is 0 Å². The number of nitrogens with zero attached hydrogens (tertiary/aromatic N) is 2. The summed E-state index contributed by atoms with van der Waals surface area (Å²) >= 11 is 0. The van der Waals surface area contributed by atoms with Gasteiger partial charge >= 0.3 is 0 Å². The Morgan fingerprint density at radius 3 is 2.82 bits per heavy atom. The molecule has 1 saturated heterocycles. The van der Waals surface area contributed by atoms with Gasteiger partial charge in [0.05, 0.1) is 11.8 Å². The van der Waals surface area contributed by atoms with E-state index in [-0.39, 0.29) is 17.9 Å². The Morgan fingerprint density at radius 1 is 1.36 bits per heavy atom. The lowest BCUT2D eigenvalue weighted by Crippen LogP contribution is -2.38. The smallest absolute Gasteiger partial charge is 0.216 e. The van der Waals surface area contributed by atoms with Crippen molar-refractivity contribution < 1.29 is 13.2 Å². The average molecular weight is 321 g/mol. The van der Waals surface area contributed by atoms with Crippen molar-refractivity contribution in [3.8, 4) is 0 Å². The molecule has 1 fully saturated rings. The summed E-state index contributed by atoms with van der Waals surface area (Å²) in [5, 5.41) is 0. The first kappa shape index (κ1) is 15.2. The van der Waals surface area contributed by atoms with Gasteiger partial charge in [-0.05, 0) is 12.0 Å². The third-order valence-electron chi connectivity index (χ3n) is 3.74. The largest absolute Gasteiger partial charge is 0.369 e. The van der Waals surface area contributed by atoms with Gasteiger partial charge < -0.3 is 9.30 Å². The first-order chi connectivity index (χ1) is 10.6. The van der Waals surface area contributed by atoms with E-state index in [1.165, 1.54) is 0 Å². The van der Waals surface area contributed by atoms with Gasteiger partial charge in [-0.2, -0.15) is 0 Å². The molecule has 0 unspecified atom stereocenters. The summed E-state index contributed by atoms with van der Waals surface area (Å²) in [6.45, 7) is 0.524. The number of hydrogen-bond donors (Lipinski definition) is 1. The molecule has 0 radical (unpaired) electrons. The Hall–Kier alpha value is -1.70. The van der Waals surface area contributed by atoms with Crippen molar-refractivity contribution in [1.29, 1.82) is 0 Å². The number of sulfonamides is 1. The van der Waals surface area contributed by atoms with E-state index in [9.17, 15) is 8.42 Å². The summed E-state index contributed by atoms with van der Waals surface area (Å²) < 4.78 is 35.0. The first-order valence-corrected chi connectivity index (χ1v) is 8.83. The number of hydrogen-bond acceptors (Lipinski definition) is 4. The number of benzene rings is 1. The molecular formula is C15H19N3O3S. The zero-order chi connectivity index (χ0) is 15.6. The lowest BCUT2D eigenvalue weighted by atomic mass is 10.1. The lowest BCUT2D eigenvalue weighted by Gasteiger charge is -2.19. The molecule has 2 atom stereocenters. The van der Waals surface area contributed by atoms with Gasteiger partial charge in [0.25, 0.3) is 0 Å². The van der Waals surface area contributed by atoms with Crippen molar-refractivity contribution in [2.75, 3.05) is 6.61 Å². The van der Waals surface area contributed by atoms with Crippen molar-refractivity contribution in [2.45, 2.75) is 24.3 Å². The highest BCUT2D eigenvalue weighted by Gasteiger charge is 2.35. The highest BCUT2D eigenvalue weighted by Crippen LogP contribution is 2.28. The number of imidazole rings is 1. The van der Waals surface area contributed by atoms with E-state index in [0.29, 0.717) is 13.0 Å². The maximum atomic E-state index is 12.4. The van der Waals surface area contributed by atoms with Crippen molar-refractivity contribution in [3.05, 3.63) is 54.1 Å². The molecule has 22 heavy (non-hydrogen) atoms. The molecule has 118 valence electrons. The van der Waals surface area contributed by atoms with Crippen LogP contribution < -0.4 is 4.72 Å². The zero-order valence-corrected chi connectivity index (χ0v) is 13.2. The Kier molecular flexibility index (Phi) is 4.28. The molecule has 6 nitrogen and oxygen atoms in total. The summed E-state index contributed by atoms with van der Waals surface area (Å²) in [4.78, 5) is 4.27. The first-order valence-electron chi connectivity index (χ1n) is 7.18. The summed E-state index contributed by atoms with van der Waals surface area (Å²) in [5.41, 5.74) is 0.766. The van der Waals surface area contributed by atoms with Crippen LogP contribution in [0.2, 0.25) is 0 Å². The van der Waals surface area contributed by atoms with Crippen molar-refractivity contribution in [3.63, 3.8) is 0 Å². The fourth-order valence-electron chi connectivity index (χ4n) is 2.68. The maximum Gasteiger partial charge on any atom is 0.216 e. The van der Waals surface area contributed by atoms with E-state index in [4.69, 9.17) is 4.74 Å². The second-order valence-electron chi connectivity index (χ2n) is 5.45. The van der Waals surface area contributed by atoms with Crippen molar-refractivity contribution in [1.82, 2.24) is 14.3 Å². The van der Waals surface area contributed by atoms with Gasteiger partial charge in [0.15, 0.2) is 0 Å². The van der Waals surface area contributed by atoms with E-state index in [2.05, 4.69) is 9.71 Å². The minimum Gasteiger partial charge on any atom is -0.369 e. The van der Waals surface area contributed by atoms with Crippen LogP contribution in [0.15, 0.2) is 42.7 Å². The van der Waals surface area contributed by atoms with Gasteiger partial charge in [0.2, 0.25) is 10.0 Å². The van der Waals surface area contributed by atoms with Gasteiger partial charge in [-0.3, -0.25) is 0 Å². The highest BCUT2D eigenvalue weighted by molar-refractivity contribution is 7.88. The van der Waals surface area contributed by atoms with E-state index in [1.54, 1.807) is 18.3 Å². The summed E-state index contributed by atoms with van der Waals surface area (Å²) in [5.74, 6) is 0.711. The van der Waals surface area contributed by atoms with Crippen LogP contribution in [0.4, 0.5) is 0 Å². The molecule has 1 aromatic carbocycles. The molecule has 1 N–H and O–H groups in total. The minimum atomic E-state index is -3.42. The SMILES string of the molecule is Cn1ccnc1[C@H]1OCC[C@@H]1NS(=O)(=O)Cc1ccccc1. The van der Waals surface area contributed by atoms with Crippen LogP contribution in [0.25, 0.3) is 0 Å². The molecule has 0 saturated carbocycles. The van der Waals surface area contributed by atoms with Crippen molar-refractivity contribution in [2.24, 2.45) is 7.05 Å². The molecule has 0 bridgehead atoms. The Balaban J connectivity index is 1.73. The Morgan fingerprint density at radius 2 is 2.14 bits per heavy atom. The van der Waals surface area contributed by atoms with Crippen LogP contribution >= 0.6 is 0 Å². The highest BCUT2D eigenvalue weighted by atomic mass is 32.2. The van der Waals surface area contributed by atoms with Crippen LogP contribution in [0.5, 0.6) is 0 Å². The van der Waals surface area contributed by atoms with Crippen LogP contribution in [0.3, 0.4) is 0 Å². The second kappa shape index (κ2) is 6.20. The maximum absolute atomic E-state index is 12.4. The second-order valence-corrected chi connectivity index (χ2v) is 7.20. The quantitative estimate of drug-likeness (QED) is 0.903. The zero-order valence-electron chi connectivity index (χ0n) is 12.3. The van der Waals surface area contributed by atoms with E-state index in [0.717, 1.165) is 11.4 Å². The number of ether oxygens (including phenoxy) is 1. The molecule has 2 aromatic rings. The molecule has 0 amide bonds. The van der Waals surface area contributed by atoms with Gasteiger partial charge in [-0.1, -0.05) is 30.3 Å². The van der Waals surface area contributed by atoms with Crippen LogP contribution in [-0.2, 0) is 27.6 Å². The summed E-state index contributed by atoms with van der Waals surface area (Å²) in [6, 6.07) is 8.86. The van der Waals surface area contributed by atoms with E-state index < -0.39 is 10.0 Å². The molecule has 1 aliphatic rings. The minimum absolute atomic E-state index is 0.0301. The molecule has 1 aliphatic heterocycles. The predicted octanol–water partition coefficient (Wildman–Crippen LogP) is 1.37. The normalized spacial score (nSPS) is 22.0. The number of aromatic nitrogens is 2. The standard InChI is InChI=1S/C15H19N3O3S/c1-18-9-8-16-15(18)14-13(7-10-21-14)17-22(19,20)11-12-5-3-2-4-6-12/h2-6,8-9,13-14,17H,7,10-11H2,1H3/t13-,14-/m0/s1. The molecule has 0 spiro atoms. The molecular weight excluding hydrogens is 302 g/mol. The van der Waals surface area contributed by atoms with Gasteiger partial charge in [-0.25, -0.2) is 18.1 Å². The van der Waals surface area contributed by atoms with Crippen LogP contribution in [0.1, 0.15) is 23.9 Å². The van der Waals surface area contributed by atoms with E-state index in [1.807, 2.05) is 36.0 Å². The summed E-state index contributed by atoms with van der Waals surface area (Å²) in [6.07, 6.45) is 3.82. The van der Waals surface area contributed by atoms with Gasteiger partial charge in [0.1, 0.15) is 11.9 Å². The summed E-state index contributed by atoms with van der Waals surface area (Å²) in [7, 11) is -1.55. The van der Waals surface area contributed by atoms with E-state index >= 15 is 0 Å². The van der Waals surface area contributed by atoms with Gasteiger partial charge in [0, 0.05) is 26.0 Å². The number of rotatable bonds is 5. The molecule has 2 heterocycles. The fourth-order valence-corrected chi connectivity index (χ4v) is 4.10. The molecule has 7 heteroatoms. The third kappa shape index (κ3) is 3.37. The third-order valence-corrected chi connectivity index (χ3v) is 5.11. The molecule has 0 aliphatic carbocycles.